The molecule has 0 amide bonds. The normalized spacial score (nSPS) is 17.0. The molecule has 2 aromatic carbocycles. The van der Waals surface area contributed by atoms with E-state index in [1.807, 2.05) is 0 Å². The molecule has 0 saturated heterocycles. The van der Waals surface area contributed by atoms with Crippen LogP contribution in [0.15, 0.2) is 42.5 Å². The Morgan fingerprint density at radius 3 is 2.76 bits per heavy atom. The second-order valence-electron chi connectivity index (χ2n) is 4.78. The van der Waals surface area contributed by atoms with Crippen molar-refractivity contribution in [1.82, 2.24) is 0 Å². The number of ether oxygens (including phenoxy) is 1. The van der Waals surface area contributed by atoms with Gasteiger partial charge in [-0.2, -0.15) is 0 Å². The van der Waals surface area contributed by atoms with Gasteiger partial charge in [0.15, 0.2) is 5.78 Å². The fraction of sp³-hybridized carbons (Fsp3) is 0.125. The van der Waals surface area contributed by atoms with Crippen molar-refractivity contribution in [1.29, 1.82) is 0 Å². The van der Waals surface area contributed by atoms with Crippen LogP contribution in [0, 0.1) is 0 Å². The van der Waals surface area contributed by atoms with Gasteiger partial charge in [-0.25, -0.2) is 4.79 Å². The second-order valence-corrected chi connectivity index (χ2v) is 5.19. The quantitative estimate of drug-likeness (QED) is 0.917. The van der Waals surface area contributed by atoms with E-state index in [9.17, 15) is 9.59 Å². The number of carbonyl (C=O) groups excluding carboxylic acids is 1. The molecule has 1 unspecified atom stereocenters. The van der Waals surface area contributed by atoms with E-state index in [0.717, 1.165) is 0 Å². The summed E-state index contributed by atoms with van der Waals surface area (Å²) in [4.78, 5) is 23.2. The molecule has 106 valence electrons. The molecular formula is C16H11ClO4. The first kappa shape index (κ1) is 13.6. The summed E-state index contributed by atoms with van der Waals surface area (Å²) in [7, 11) is 0. The Kier molecular flexibility index (Phi) is 3.39. The van der Waals surface area contributed by atoms with Gasteiger partial charge in [0, 0.05) is 0 Å². The van der Waals surface area contributed by atoms with Crippen molar-refractivity contribution in [3.8, 4) is 5.75 Å². The van der Waals surface area contributed by atoms with E-state index >= 15 is 0 Å². The van der Waals surface area contributed by atoms with Crippen molar-refractivity contribution in [2.45, 2.75) is 12.5 Å². The number of Topliss-reactive ketones (excluding diaryl/α,β-unsaturated/α-hetero) is 1. The van der Waals surface area contributed by atoms with Gasteiger partial charge in [0.1, 0.15) is 11.9 Å². The molecule has 0 radical (unpaired) electrons. The van der Waals surface area contributed by atoms with Crippen LogP contribution in [0.2, 0.25) is 5.02 Å². The monoisotopic (exact) mass is 302 g/mol. The van der Waals surface area contributed by atoms with E-state index in [0.29, 0.717) is 21.9 Å². The van der Waals surface area contributed by atoms with Crippen molar-refractivity contribution in [2.75, 3.05) is 0 Å². The molecule has 21 heavy (non-hydrogen) atoms. The molecule has 0 spiro atoms. The third-order valence-electron chi connectivity index (χ3n) is 3.40. The summed E-state index contributed by atoms with van der Waals surface area (Å²) in [5.41, 5.74) is 1.27. The Hall–Kier alpha value is -2.33. The van der Waals surface area contributed by atoms with Gasteiger partial charge in [0.2, 0.25) is 0 Å². The number of aromatic carboxylic acids is 1. The fourth-order valence-electron chi connectivity index (χ4n) is 2.37. The number of fused-ring (bicyclic) bond motifs is 1. The van der Waals surface area contributed by atoms with Gasteiger partial charge >= 0.3 is 5.97 Å². The van der Waals surface area contributed by atoms with Gasteiger partial charge in [-0.3, -0.25) is 4.79 Å². The van der Waals surface area contributed by atoms with Gasteiger partial charge in [0.05, 0.1) is 22.6 Å². The predicted molar refractivity (Wildman–Crippen MR) is 77.2 cm³/mol. The summed E-state index contributed by atoms with van der Waals surface area (Å²) in [6.45, 7) is 0. The molecule has 0 fully saturated rings. The molecule has 2 aromatic rings. The molecule has 1 aliphatic heterocycles. The van der Waals surface area contributed by atoms with Crippen LogP contribution in [0.1, 0.15) is 38.8 Å². The molecule has 1 aliphatic rings. The fourth-order valence-corrected chi connectivity index (χ4v) is 2.59. The number of hydrogen-bond donors (Lipinski definition) is 1. The Morgan fingerprint density at radius 1 is 1.24 bits per heavy atom. The van der Waals surface area contributed by atoms with E-state index in [1.165, 1.54) is 12.1 Å². The van der Waals surface area contributed by atoms with Crippen molar-refractivity contribution in [3.63, 3.8) is 0 Å². The second kappa shape index (κ2) is 5.22. The van der Waals surface area contributed by atoms with Crippen LogP contribution in [0.4, 0.5) is 0 Å². The number of ketones is 1. The average Bonchev–Trinajstić information content (AvgIpc) is 2.48. The summed E-state index contributed by atoms with van der Waals surface area (Å²) in [5, 5.41) is 9.41. The zero-order valence-corrected chi connectivity index (χ0v) is 11.6. The van der Waals surface area contributed by atoms with E-state index in [2.05, 4.69) is 0 Å². The van der Waals surface area contributed by atoms with E-state index < -0.39 is 12.1 Å². The zero-order chi connectivity index (χ0) is 15.0. The summed E-state index contributed by atoms with van der Waals surface area (Å²) in [6, 6.07) is 11.4. The summed E-state index contributed by atoms with van der Waals surface area (Å²) in [6.07, 6.45) is -0.361. The largest absolute Gasteiger partial charge is 0.483 e. The van der Waals surface area contributed by atoms with Crippen LogP contribution in [0.5, 0.6) is 5.75 Å². The van der Waals surface area contributed by atoms with Crippen LogP contribution in [0.25, 0.3) is 0 Å². The maximum absolute atomic E-state index is 12.2. The van der Waals surface area contributed by atoms with Crippen molar-refractivity contribution >= 4 is 23.4 Å². The number of carboxylic acid groups (broad SMARTS) is 1. The predicted octanol–water partition coefficient (Wildman–Crippen LogP) is 3.74. The first-order chi connectivity index (χ1) is 10.1. The molecular weight excluding hydrogens is 292 g/mol. The number of rotatable bonds is 2. The molecule has 0 bridgehead atoms. The summed E-state index contributed by atoms with van der Waals surface area (Å²) >= 11 is 6.07. The summed E-state index contributed by atoms with van der Waals surface area (Å²) < 4.78 is 5.81. The first-order valence-electron chi connectivity index (χ1n) is 6.38. The molecule has 1 N–H and O–H groups in total. The minimum Gasteiger partial charge on any atom is -0.483 e. The Bertz CT molecular complexity index is 739. The number of carbonyl (C=O) groups is 2. The number of halogens is 1. The van der Waals surface area contributed by atoms with Crippen molar-refractivity contribution in [2.24, 2.45) is 0 Å². The highest BCUT2D eigenvalue weighted by atomic mass is 35.5. The van der Waals surface area contributed by atoms with Gasteiger partial charge in [-0.05, 0) is 29.8 Å². The number of carboxylic acids is 1. The molecule has 1 heterocycles. The molecule has 0 saturated carbocycles. The minimum atomic E-state index is -1.02. The van der Waals surface area contributed by atoms with Gasteiger partial charge < -0.3 is 9.84 Å². The van der Waals surface area contributed by atoms with Crippen LogP contribution in [0.3, 0.4) is 0 Å². The van der Waals surface area contributed by atoms with Gasteiger partial charge in [-0.15, -0.1) is 0 Å². The highest BCUT2D eigenvalue weighted by Crippen LogP contribution is 2.39. The van der Waals surface area contributed by atoms with Crippen molar-refractivity contribution < 1.29 is 19.4 Å². The van der Waals surface area contributed by atoms with Crippen molar-refractivity contribution in [3.05, 3.63) is 64.2 Å². The molecule has 0 aliphatic carbocycles. The van der Waals surface area contributed by atoms with Crippen LogP contribution in [-0.4, -0.2) is 16.9 Å². The highest BCUT2D eigenvalue weighted by Gasteiger charge is 2.29. The SMILES string of the molecule is O=C(O)c1cccc(C2CC(=O)c3cccc(Cl)c3O2)c1. The lowest BCUT2D eigenvalue weighted by Gasteiger charge is -2.26. The van der Waals surface area contributed by atoms with E-state index in [1.54, 1.807) is 30.3 Å². The highest BCUT2D eigenvalue weighted by molar-refractivity contribution is 6.32. The lowest BCUT2D eigenvalue weighted by atomic mass is 9.95. The molecule has 3 rings (SSSR count). The maximum atomic E-state index is 12.2. The molecule has 5 heteroatoms. The van der Waals surface area contributed by atoms with Crippen LogP contribution in [-0.2, 0) is 0 Å². The smallest absolute Gasteiger partial charge is 0.335 e. The lowest BCUT2D eigenvalue weighted by molar-refractivity contribution is 0.0696. The zero-order valence-electron chi connectivity index (χ0n) is 10.9. The Balaban J connectivity index is 1.99. The Labute approximate surface area is 125 Å². The van der Waals surface area contributed by atoms with Gasteiger partial charge in [0.25, 0.3) is 0 Å². The third-order valence-corrected chi connectivity index (χ3v) is 3.70. The minimum absolute atomic E-state index is 0.0653. The van der Waals surface area contributed by atoms with E-state index in [4.69, 9.17) is 21.4 Å². The average molecular weight is 303 g/mol. The number of hydrogen-bond acceptors (Lipinski definition) is 3. The molecule has 0 aromatic heterocycles. The van der Waals surface area contributed by atoms with E-state index in [-0.39, 0.29) is 17.8 Å². The number of para-hydroxylation sites is 1. The maximum Gasteiger partial charge on any atom is 0.335 e. The standard InChI is InChI=1S/C16H11ClO4/c17-12-6-2-5-11-13(18)8-14(21-15(11)12)9-3-1-4-10(7-9)16(19)20/h1-7,14H,8H2,(H,19,20). The lowest BCUT2D eigenvalue weighted by Crippen LogP contribution is -2.20. The molecule has 4 nitrogen and oxygen atoms in total. The third kappa shape index (κ3) is 2.50. The Morgan fingerprint density at radius 2 is 2.00 bits per heavy atom. The van der Waals surface area contributed by atoms with Gasteiger partial charge in [-0.1, -0.05) is 29.8 Å². The van der Waals surface area contributed by atoms with Crippen LogP contribution >= 0.6 is 11.6 Å². The first-order valence-corrected chi connectivity index (χ1v) is 6.75. The van der Waals surface area contributed by atoms with Crippen LogP contribution < -0.4 is 4.74 Å². The number of benzene rings is 2. The molecule has 1 atom stereocenters. The summed E-state index contributed by atoms with van der Waals surface area (Å²) in [5.74, 6) is -0.719. The topological polar surface area (TPSA) is 63.6 Å².